The van der Waals surface area contributed by atoms with E-state index < -0.39 is 5.60 Å². The smallest absolute Gasteiger partial charge is 0.232 e. The van der Waals surface area contributed by atoms with Gasteiger partial charge in [0.15, 0.2) is 0 Å². The first-order valence-corrected chi connectivity index (χ1v) is 8.14. The Balaban J connectivity index is 1.84. The van der Waals surface area contributed by atoms with E-state index in [2.05, 4.69) is 31.2 Å². The Bertz CT molecular complexity index is 456. The molecule has 1 aromatic rings. The first kappa shape index (κ1) is 15.4. The molecule has 0 bridgehead atoms. The van der Waals surface area contributed by atoms with Gasteiger partial charge in [-0.05, 0) is 45.2 Å². The van der Waals surface area contributed by atoms with Crippen molar-refractivity contribution in [1.82, 2.24) is 4.90 Å². The number of hydrogen-bond donors (Lipinski definition) is 1. The fourth-order valence-corrected chi connectivity index (χ4v) is 3.18. The third-order valence-electron chi connectivity index (χ3n) is 3.80. The zero-order chi connectivity index (χ0) is 14.6. The minimum absolute atomic E-state index is 0.174. The highest BCUT2D eigenvalue weighted by molar-refractivity contribution is 8.00. The van der Waals surface area contributed by atoms with Crippen LogP contribution in [0.2, 0.25) is 0 Å². The monoisotopic (exact) mass is 293 g/mol. The molecular weight excluding hydrogens is 270 g/mol. The summed E-state index contributed by atoms with van der Waals surface area (Å²) in [6, 6.07) is 8.24. The van der Waals surface area contributed by atoms with Crippen LogP contribution in [0.25, 0.3) is 0 Å². The third kappa shape index (κ3) is 4.53. The quantitative estimate of drug-likeness (QED) is 0.871. The number of aliphatic hydroxyl groups is 1. The second-order valence-electron chi connectivity index (χ2n) is 5.83. The predicted octanol–water partition coefficient (Wildman–Crippen LogP) is 2.85. The predicted molar refractivity (Wildman–Crippen MR) is 83.0 cm³/mol. The highest BCUT2D eigenvalue weighted by atomic mass is 32.2. The molecule has 1 aromatic carbocycles. The fraction of sp³-hybridized carbons (Fsp3) is 0.562. The van der Waals surface area contributed by atoms with Gasteiger partial charge in [-0.15, -0.1) is 11.8 Å². The summed E-state index contributed by atoms with van der Waals surface area (Å²) in [4.78, 5) is 15.2. The van der Waals surface area contributed by atoms with Gasteiger partial charge in [0.05, 0.1) is 11.4 Å². The molecule has 1 fully saturated rings. The molecule has 0 saturated carbocycles. The summed E-state index contributed by atoms with van der Waals surface area (Å²) in [6.07, 6.45) is 2.34. The normalized spacial score (nSPS) is 23.4. The van der Waals surface area contributed by atoms with Crippen LogP contribution in [-0.4, -0.2) is 40.4 Å². The number of rotatable bonds is 3. The highest BCUT2D eigenvalue weighted by Gasteiger charge is 2.26. The van der Waals surface area contributed by atoms with E-state index in [4.69, 9.17) is 0 Å². The molecule has 1 N–H and O–H groups in total. The van der Waals surface area contributed by atoms with Crippen molar-refractivity contribution in [3.63, 3.8) is 0 Å². The number of likely N-dealkylation sites (tertiary alicyclic amines) is 1. The molecule has 0 spiro atoms. The summed E-state index contributed by atoms with van der Waals surface area (Å²) in [7, 11) is 0. The van der Waals surface area contributed by atoms with Crippen LogP contribution in [-0.2, 0) is 4.79 Å². The van der Waals surface area contributed by atoms with Gasteiger partial charge in [0, 0.05) is 18.0 Å². The van der Waals surface area contributed by atoms with Crippen molar-refractivity contribution < 1.29 is 9.90 Å². The lowest BCUT2D eigenvalue weighted by molar-refractivity contribution is -0.128. The van der Waals surface area contributed by atoms with E-state index in [1.807, 2.05) is 11.8 Å². The van der Waals surface area contributed by atoms with Gasteiger partial charge in [0.25, 0.3) is 0 Å². The molecule has 1 amide bonds. The Morgan fingerprint density at radius 2 is 2.00 bits per heavy atom. The van der Waals surface area contributed by atoms with Gasteiger partial charge in [-0.25, -0.2) is 0 Å². The van der Waals surface area contributed by atoms with Crippen molar-refractivity contribution in [3.05, 3.63) is 29.8 Å². The molecule has 110 valence electrons. The summed E-state index contributed by atoms with van der Waals surface area (Å²) in [5.41, 5.74) is 0.620. The summed E-state index contributed by atoms with van der Waals surface area (Å²) in [5.74, 6) is 0.652. The lowest BCUT2D eigenvalue weighted by atomic mass is 9.98. The first-order chi connectivity index (χ1) is 9.46. The Morgan fingerprint density at radius 1 is 1.30 bits per heavy atom. The Labute approximate surface area is 125 Å². The van der Waals surface area contributed by atoms with Crippen LogP contribution < -0.4 is 0 Å². The standard InChI is InChI=1S/C16H23NO2S/c1-13-4-6-14(7-5-13)20-12-15(18)17-10-3-8-16(2,19)9-11-17/h4-7,19H,3,8-12H2,1-2H3. The maximum absolute atomic E-state index is 12.2. The molecular formula is C16H23NO2S. The molecule has 3 nitrogen and oxygen atoms in total. The maximum atomic E-state index is 12.2. The van der Waals surface area contributed by atoms with Crippen molar-refractivity contribution in [2.45, 2.75) is 43.6 Å². The van der Waals surface area contributed by atoms with Crippen molar-refractivity contribution in [1.29, 1.82) is 0 Å². The van der Waals surface area contributed by atoms with Crippen LogP contribution in [0.5, 0.6) is 0 Å². The van der Waals surface area contributed by atoms with E-state index in [1.165, 1.54) is 5.56 Å². The van der Waals surface area contributed by atoms with E-state index in [0.717, 1.165) is 24.3 Å². The van der Waals surface area contributed by atoms with Crippen LogP contribution in [0.15, 0.2) is 29.2 Å². The summed E-state index contributed by atoms with van der Waals surface area (Å²) < 4.78 is 0. The molecule has 1 atom stereocenters. The Hall–Kier alpha value is -1.00. The molecule has 1 aliphatic rings. The van der Waals surface area contributed by atoms with Gasteiger partial charge < -0.3 is 10.0 Å². The van der Waals surface area contributed by atoms with Crippen molar-refractivity contribution in [3.8, 4) is 0 Å². The zero-order valence-corrected chi connectivity index (χ0v) is 13.1. The molecule has 4 heteroatoms. The van der Waals surface area contributed by atoms with E-state index in [1.54, 1.807) is 11.8 Å². The number of carbonyl (C=O) groups is 1. The topological polar surface area (TPSA) is 40.5 Å². The van der Waals surface area contributed by atoms with Crippen LogP contribution in [0.3, 0.4) is 0 Å². The molecule has 1 heterocycles. The molecule has 2 rings (SSSR count). The van der Waals surface area contributed by atoms with Gasteiger partial charge in [-0.2, -0.15) is 0 Å². The SMILES string of the molecule is Cc1ccc(SCC(=O)N2CCCC(C)(O)CC2)cc1. The second kappa shape index (κ2) is 6.64. The number of nitrogens with zero attached hydrogens (tertiary/aromatic N) is 1. The van der Waals surface area contributed by atoms with Gasteiger partial charge in [-0.3, -0.25) is 4.79 Å². The van der Waals surface area contributed by atoms with E-state index >= 15 is 0 Å². The summed E-state index contributed by atoms with van der Waals surface area (Å²) in [6.45, 7) is 5.36. The molecule has 1 aliphatic heterocycles. The Morgan fingerprint density at radius 3 is 2.70 bits per heavy atom. The molecule has 0 aliphatic carbocycles. The largest absolute Gasteiger partial charge is 0.390 e. The van der Waals surface area contributed by atoms with Gasteiger partial charge in [0.1, 0.15) is 0 Å². The average Bonchev–Trinajstić information content (AvgIpc) is 2.59. The number of hydrogen-bond acceptors (Lipinski definition) is 3. The van der Waals surface area contributed by atoms with Crippen molar-refractivity contribution in [2.24, 2.45) is 0 Å². The molecule has 1 saturated heterocycles. The second-order valence-corrected chi connectivity index (χ2v) is 6.88. The van der Waals surface area contributed by atoms with Crippen LogP contribution >= 0.6 is 11.8 Å². The number of thioether (sulfide) groups is 1. The minimum atomic E-state index is -0.612. The minimum Gasteiger partial charge on any atom is -0.390 e. The van der Waals surface area contributed by atoms with Crippen molar-refractivity contribution in [2.75, 3.05) is 18.8 Å². The van der Waals surface area contributed by atoms with Crippen LogP contribution in [0, 0.1) is 6.92 Å². The zero-order valence-electron chi connectivity index (χ0n) is 12.3. The Kier molecular flexibility index (Phi) is 5.11. The van der Waals surface area contributed by atoms with E-state index in [9.17, 15) is 9.90 Å². The molecule has 20 heavy (non-hydrogen) atoms. The lowest BCUT2D eigenvalue weighted by Crippen LogP contribution is -2.34. The van der Waals surface area contributed by atoms with Gasteiger partial charge in [0.2, 0.25) is 5.91 Å². The molecule has 0 radical (unpaired) electrons. The highest BCUT2D eigenvalue weighted by Crippen LogP contribution is 2.23. The van der Waals surface area contributed by atoms with Crippen molar-refractivity contribution >= 4 is 17.7 Å². The number of benzene rings is 1. The van der Waals surface area contributed by atoms with Gasteiger partial charge in [-0.1, -0.05) is 17.7 Å². The maximum Gasteiger partial charge on any atom is 0.232 e. The average molecular weight is 293 g/mol. The third-order valence-corrected chi connectivity index (χ3v) is 4.80. The van der Waals surface area contributed by atoms with Gasteiger partial charge >= 0.3 is 0 Å². The van der Waals surface area contributed by atoms with Crippen LogP contribution in [0.4, 0.5) is 0 Å². The van der Waals surface area contributed by atoms with E-state index in [-0.39, 0.29) is 5.91 Å². The first-order valence-electron chi connectivity index (χ1n) is 7.16. The number of aryl methyl sites for hydroxylation is 1. The summed E-state index contributed by atoms with van der Waals surface area (Å²) in [5, 5.41) is 10.0. The molecule has 0 aromatic heterocycles. The number of amides is 1. The number of carbonyl (C=O) groups excluding carboxylic acids is 1. The molecule has 1 unspecified atom stereocenters. The van der Waals surface area contributed by atoms with Crippen LogP contribution in [0.1, 0.15) is 31.7 Å². The summed E-state index contributed by atoms with van der Waals surface area (Å²) >= 11 is 1.58. The van der Waals surface area contributed by atoms with E-state index in [0.29, 0.717) is 18.7 Å². The lowest BCUT2D eigenvalue weighted by Gasteiger charge is -2.22. The fourth-order valence-electron chi connectivity index (χ4n) is 2.38.